The van der Waals surface area contributed by atoms with Crippen molar-refractivity contribution in [2.45, 2.75) is 33.2 Å². The van der Waals surface area contributed by atoms with Crippen LogP contribution in [0.25, 0.3) is 0 Å². The van der Waals surface area contributed by atoms with Crippen molar-refractivity contribution in [1.82, 2.24) is 10.3 Å². The molecule has 1 aromatic heterocycles. The van der Waals surface area contributed by atoms with Crippen LogP contribution in [0.2, 0.25) is 0 Å². The van der Waals surface area contributed by atoms with E-state index in [0.29, 0.717) is 12.3 Å². The van der Waals surface area contributed by atoms with Crippen LogP contribution in [0.1, 0.15) is 30.8 Å². The Kier molecular flexibility index (Phi) is 3.56. The Morgan fingerprint density at radius 3 is 3.12 bits per heavy atom. The lowest BCUT2D eigenvalue weighted by molar-refractivity contribution is -0.116. The Hall–Kier alpha value is -0.940. The maximum absolute atomic E-state index is 11.6. The van der Waals surface area contributed by atoms with Gasteiger partial charge in [-0.2, -0.15) is 0 Å². The van der Waals surface area contributed by atoms with E-state index in [4.69, 9.17) is 0 Å². The van der Waals surface area contributed by atoms with Gasteiger partial charge in [-0.25, -0.2) is 4.98 Å². The van der Waals surface area contributed by atoms with Gasteiger partial charge >= 0.3 is 0 Å². The van der Waals surface area contributed by atoms with Gasteiger partial charge in [0.15, 0.2) is 5.13 Å². The fourth-order valence-electron chi connectivity index (χ4n) is 1.72. The Morgan fingerprint density at radius 1 is 1.62 bits per heavy atom. The zero-order valence-corrected chi connectivity index (χ0v) is 10.5. The Bertz CT molecular complexity index is 363. The summed E-state index contributed by atoms with van der Waals surface area (Å²) in [6, 6.07) is 0. The monoisotopic (exact) mass is 239 g/mol. The predicted molar refractivity (Wildman–Crippen MR) is 65.6 cm³/mol. The molecule has 16 heavy (non-hydrogen) atoms. The standard InChI is InChI=1S/C11H17N3OS/c1-7(2)5-10(15)14-11-13-8-3-4-12-6-9(8)16-11/h7,12H,3-6H2,1-2H3,(H,13,14,15). The fourth-order valence-corrected chi connectivity index (χ4v) is 2.71. The van der Waals surface area contributed by atoms with Crippen molar-refractivity contribution < 1.29 is 4.79 Å². The molecule has 0 bridgehead atoms. The molecule has 0 aliphatic carbocycles. The third-order valence-corrected chi connectivity index (χ3v) is 3.46. The van der Waals surface area contributed by atoms with Crippen molar-refractivity contribution in [3.8, 4) is 0 Å². The van der Waals surface area contributed by atoms with Crippen molar-refractivity contribution in [2.24, 2.45) is 5.92 Å². The van der Waals surface area contributed by atoms with Crippen molar-refractivity contribution in [1.29, 1.82) is 0 Å². The molecule has 0 fully saturated rings. The highest BCUT2D eigenvalue weighted by molar-refractivity contribution is 7.15. The fraction of sp³-hybridized carbons (Fsp3) is 0.636. The first-order valence-electron chi connectivity index (χ1n) is 5.64. The molecule has 1 aliphatic rings. The number of anilines is 1. The number of carbonyl (C=O) groups excluding carboxylic acids is 1. The summed E-state index contributed by atoms with van der Waals surface area (Å²) >= 11 is 1.59. The first-order chi connectivity index (χ1) is 7.65. The van der Waals surface area contributed by atoms with Crippen LogP contribution in [-0.4, -0.2) is 17.4 Å². The minimum absolute atomic E-state index is 0.0639. The lowest BCUT2D eigenvalue weighted by Crippen LogP contribution is -2.22. The minimum Gasteiger partial charge on any atom is -0.311 e. The molecule has 2 heterocycles. The molecule has 1 aliphatic heterocycles. The molecule has 0 saturated carbocycles. The molecular formula is C11H17N3OS. The summed E-state index contributed by atoms with van der Waals surface area (Å²) in [5, 5.41) is 6.92. The third kappa shape index (κ3) is 2.80. The highest BCUT2D eigenvalue weighted by Gasteiger charge is 2.16. The molecule has 1 amide bonds. The lowest BCUT2D eigenvalue weighted by atomic mass is 10.1. The molecule has 0 spiro atoms. The van der Waals surface area contributed by atoms with Gasteiger partial charge in [0.2, 0.25) is 5.91 Å². The van der Waals surface area contributed by atoms with E-state index in [1.165, 1.54) is 4.88 Å². The molecule has 88 valence electrons. The number of hydrogen-bond acceptors (Lipinski definition) is 4. The molecule has 4 nitrogen and oxygen atoms in total. The van der Waals surface area contributed by atoms with E-state index >= 15 is 0 Å². The van der Waals surface area contributed by atoms with Crippen LogP contribution in [0.15, 0.2) is 0 Å². The van der Waals surface area contributed by atoms with Crippen molar-refractivity contribution >= 4 is 22.4 Å². The van der Waals surface area contributed by atoms with Gasteiger partial charge in [0.25, 0.3) is 0 Å². The molecular weight excluding hydrogens is 222 g/mol. The zero-order valence-electron chi connectivity index (χ0n) is 9.67. The second-order valence-corrected chi connectivity index (χ2v) is 5.55. The number of amides is 1. The summed E-state index contributed by atoms with van der Waals surface area (Å²) in [6.45, 7) is 5.94. The summed E-state index contributed by atoms with van der Waals surface area (Å²) in [5.74, 6) is 0.449. The molecule has 5 heteroatoms. The number of thiazole rings is 1. The van der Waals surface area contributed by atoms with Crippen LogP contribution in [0.3, 0.4) is 0 Å². The van der Waals surface area contributed by atoms with Crippen molar-refractivity contribution in [3.63, 3.8) is 0 Å². The number of rotatable bonds is 3. The number of carbonyl (C=O) groups is 1. The summed E-state index contributed by atoms with van der Waals surface area (Å²) in [6.07, 6.45) is 1.52. The number of fused-ring (bicyclic) bond motifs is 1. The highest BCUT2D eigenvalue weighted by atomic mass is 32.1. The summed E-state index contributed by atoms with van der Waals surface area (Å²) in [5.41, 5.74) is 1.14. The van der Waals surface area contributed by atoms with Gasteiger partial charge in [-0.1, -0.05) is 13.8 Å². The van der Waals surface area contributed by atoms with E-state index in [1.54, 1.807) is 11.3 Å². The number of aromatic nitrogens is 1. The maximum atomic E-state index is 11.6. The van der Waals surface area contributed by atoms with Crippen LogP contribution < -0.4 is 10.6 Å². The number of nitrogens with one attached hydrogen (secondary N) is 2. The van der Waals surface area contributed by atoms with E-state index in [2.05, 4.69) is 15.6 Å². The lowest BCUT2D eigenvalue weighted by Gasteiger charge is -2.09. The van der Waals surface area contributed by atoms with E-state index in [1.807, 2.05) is 13.8 Å². The Morgan fingerprint density at radius 2 is 2.44 bits per heavy atom. The molecule has 2 N–H and O–H groups in total. The van der Waals surface area contributed by atoms with E-state index in [9.17, 15) is 4.79 Å². The average Bonchev–Trinajstić information content (AvgIpc) is 2.57. The van der Waals surface area contributed by atoms with E-state index in [0.717, 1.165) is 30.3 Å². The maximum Gasteiger partial charge on any atom is 0.226 e. The van der Waals surface area contributed by atoms with Gasteiger partial charge in [0, 0.05) is 30.8 Å². The SMILES string of the molecule is CC(C)CC(=O)Nc1nc2c(s1)CNCC2. The molecule has 0 aromatic carbocycles. The Labute approximate surface area is 99.5 Å². The second-order valence-electron chi connectivity index (χ2n) is 4.46. The smallest absolute Gasteiger partial charge is 0.226 e. The zero-order chi connectivity index (χ0) is 11.5. The first kappa shape index (κ1) is 11.5. The van der Waals surface area contributed by atoms with E-state index in [-0.39, 0.29) is 5.91 Å². The molecule has 1 aromatic rings. The quantitative estimate of drug-likeness (QED) is 0.845. The summed E-state index contributed by atoms with van der Waals surface area (Å²) in [4.78, 5) is 17.3. The molecule has 0 saturated heterocycles. The summed E-state index contributed by atoms with van der Waals surface area (Å²) < 4.78 is 0. The minimum atomic E-state index is 0.0639. The first-order valence-corrected chi connectivity index (χ1v) is 6.46. The molecule has 2 rings (SSSR count). The highest BCUT2D eigenvalue weighted by Crippen LogP contribution is 2.25. The largest absolute Gasteiger partial charge is 0.311 e. The molecule has 0 atom stereocenters. The van der Waals surface area contributed by atoms with Gasteiger partial charge in [-0.3, -0.25) is 4.79 Å². The van der Waals surface area contributed by atoms with Crippen LogP contribution in [0.5, 0.6) is 0 Å². The number of hydrogen-bond donors (Lipinski definition) is 2. The van der Waals surface area contributed by atoms with E-state index < -0.39 is 0 Å². The van der Waals surface area contributed by atoms with Gasteiger partial charge in [0.1, 0.15) is 0 Å². The van der Waals surface area contributed by atoms with Crippen LogP contribution in [0, 0.1) is 5.92 Å². The normalized spacial score (nSPS) is 14.9. The van der Waals surface area contributed by atoms with Gasteiger partial charge in [0.05, 0.1) is 5.69 Å². The summed E-state index contributed by atoms with van der Waals surface area (Å²) in [7, 11) is 0. The number of nitrogens with zero attached hydrogens (tertiary/aromatic N) is 1. The molecule has 0 radical (unpaired) electrons. The van der Waals surface area contributed by atoms with Crippen LogP contribution in [-0.2, 0) is 17.8 Å². The van der Waals surface area contributed by atoms with Gasteiger partial charge in [-0.15, -0.1) is 11.3 Å². The van der Waals surface area contributed by atoms with Crippen molar-refractivity contribution in [2.75, 3.05) is 11.9 Å². The second kappa shape index (κ2) is 4.93. The third-order valence-electron chi connectivity index (χ3n) is 2.44. The molecule has 0 unspecified atom stereocenters. The Balaban J connectivity index is 1.99. The predicted octanol–water partition coefficient (Wildman–Crippen LogP) is 1.77. The van der Waals surface area contributed by atoms with Crippen LogP contribution in [0.4, 0.5) is 5.13 Å². The average molecular weight is 239 g/mol. The van der Waals surface area contributed by atoms with Gasteiger partial charge < -0.3 is 10.6 Å². The van der Waals surface area contributed by atoms with Crippen LogP contribution >= 0.6 is 11.3 Å². The van der Waals surface area contributed by atoms with Crippen molar-refractivity contribution in [3.05, 3.63) is 10.6 Å². The van der Waals surface area contributed by atoms with Gasteiger partial charge in [-0.05, 0) is 5.92 Å². The topological polar surface area (TPSA) is 54.0 Å².